The molecule has 13 heavy (non-hydrogen) atoms. The molecule has 1 aliphatic carbocycles. The van der Waals surface area contributed by atoms with Gasteiger partial charge in [-0.05, 0) is 26.9 Å². The van der Waals surface area contributed by atoms with Gasteiger partial charge >= 0.3 is 0 Å². The van der Waals surface area contributed by atoms with Crippen molar-refractivity contribution in [3.05, 3.63) is 0 Å². The molecular weight excluding hydrogens is 162 g/mol. The molecule has 1 fully saturated rings. The van der Waals surface area contributed by atoms with Crippen LogP contribution in [0.2, 0.25) is 0 Å². The van der Waals surface area contributed by atoms with Gasteiger partial charge in [-0.3, -0.25) is 4.79 Å². The number of Topliss-reactive ketones (excluding diaryl/α,β-unsaturated/α-hetero) is 1. The van der Waals surface area contributed by atoms with Crippen molar-refractivity contribution in [3.63, 3.8) is 0 Å². The van der Waals surface area contributed by atoms with Gasteiger partial charge in [0.25, 0.3) is 0 Å². The normalized spacial score (nSPS) is 32.9. The molecule has 0 amide bonds. The summed E-state index contributed by atoms with van der Waals surface area (Å²) in [6, 6.07) is 0. The van der Waals surface area contributed by atoms with Crippen molar-refractivity contribution in [2.75, 3.05) is 20.6 Å². The van der Waals surface area contributed by atoms with Crippen molar-refractivity contribution >= 4 is 5.78 Å². The number of hydrogen-bond donors (Lipinski definition) is 0. The standard InChI is InChI=1S/C11H21NO/c1-10(2)6-7-11(3,9(10)13)8-12(4)5/h6-8H2,1-5H3. The Morgan fingerprint density at radius 2 is 1.77 bits per heavy atom. The van der Waals surface area contributed by atoms with Crippen LogP contribution >= 0.6 is 0 Å². The highest BCUT2D eigenvalue weighted by Crippen LogP contribution is 2.45. The van der Waals surface area contributed by atoms with E-state index in [0.717, 1.165) is 19.4 Å². The Bertz CT molecular complexity index is 220. The first-order valence-corrected chi connectivity index (χ1v) is 4.98. The number of rotatable bonds is 2. The lowest BCUT2D eigenvalue weighted by atomic mass is 9.81. The number of carbonyl (C=O) groups is 1. The molecule has 76 valence electrons. The van der Waals surface area contributed by atoms with Crippen LogP contribution in [0.4, 0.5) is 0 Å². The molecule has 0 aromatic rings. The molecule has 0 N–H and O–H groups in total. The van der Waals surface area contributed by atoms with Crippen LogP contribution in [0.15, 0.2) is 0 Å². The van der Waals surface area contributed by atoms with Crippen LogP contribution in [-0.2, 0) is 4.79 Å². The summed E-state index contributed by atoms with van der Waals surface area (Å²) in [6.07, 6.45) is 2.08. The molecule has 0 aromatic heterocycles. The van der Waals surface area contributed by atoms with Crippen molar-refractivity contribution < 1.29 is 4.79 Å². The molecule has 0 spiro atoms. The predicted molar refractivity (Wildman–Crippen MR) is 54.7 cm³/mol. The van der Waals surface area contributed by atoms with Crippen molar-refractivity contribution in [1.82, 2.24) is 4.90 Å². The highest BCUT2D eigenvalue weighted by molar-refractivity contribution is 5.91. The summed E-state index contributed by atoms with van der Waals surface area (Å²) in [7, 11) is 4.06. The zero-order valence-corrected chi connectivity index (χ0v) is 9.48. The topological polar surface area (TPSA) is 20.3 Å². The zero-order valence-electron chi connectivity index (χ0n) is 9.48. The number of hydrogen-bond acceptors (Lipinski definition) is 2. The van der Waals surface area contributed by atoms with E-state index < -0.39 is 0 Å². The van der Waals surface area contributed by atoms with Crippen LogP contribution in [-0.4, -0.2) is 31.3 Å². The fourth-order valence-electron chi connectivity index (χ4n) is 2.48. The van der Waals surface area contributed by atoms with Crippen LogP contribution < -0.4 is 0 Å². The van der Waals surface area contributed by atoms with E-state index in [2.05, 4.69) is 25.7 Å². The summed E-state index contributed by atoms with van der Waals surface area (Å²) in [4.78, 5) is 14.2. The summed E-state index contributed by atoms with van der Waals surface area (Å²) < 4.78 is 0. The van der Waals surface area contributed by atoms with Gasteiger partial charge in [0.2, 0.25) is 0 Å². The third kappa shape index (κ3) is 1.93. The predicted octanol–water partition coefficient (Wildman–Crippen LogP) is 1.94. The zero-order chi connectivity index (χ0) is 10.3. The molecule has 0 aliphatic heterocycles. The van der Waals surface area contributed by atoms with E-state index in [1.54, 1.807) is 0 Å². The van der Waals surface area contributed by atoms with Gasteiger partial charge in [0.05, 0.1) is 0 Å². The van der Waals surface area contributed by atoms with Gasteiger partial charge in [-0.1, -0.05) is 20.8 Å². The van der Waals surface area contributed by atoms with Gasteiger partial charge in [-0.25, -0.2) is 0 Å². The Hall–Kier alpha value is -0.370. The average Bonchev–Trinajstić information content (AvgIpc) is 2.14. The van der Waals surface area contributed by atoms with Gasteiger partial charge < -0.3 is 4.90 Å². The fourth-order valence-corrected chi connectivity index (χ4v) is 2.48. The lowest BCUT2D eigenvalue weighted by molar-refractivity contribution is -0.132. The molecular formula is C11H21NO. The maximum absolute atomic E-state index is 12.1. The molecule has 0 bridgehead atoms. The van der Waals surface area contributed by atoms with E-state index in [4.69, 9.17) is 0 Å². The molecule has 1 unspecified atom stereocenters. The Balaban J connectivity index is 2.78. The third-order valence-corrected chi connectivity index (χ3v) is 3.13. The van der Waals surface area contributed by atoms with Crippen LogP contribution in [0.5, 0.6) is 0 Å². The first-order chi connectivity index (χ1) is 5.78. The SMILES string of the molecule is CN(C)CC1(C)CCC(C)(C)C1=O. The Labute approximate surface area is 81.3 Å². The van der Waals surface area contributed by atoms with Gasteiger partial charge in [-0.2, -0.15) is 0 Å². The molecule has 2 heteroatoms. The van der Waals surface area contributed by atoms with E-state index in [-0.39, 0.29) is 10.8 Å². The number of nitrogens with zero attached hydrogens (tertiary/aromatic N) is 1. The maximum atomic E-state index is 12.1. The molecule has 1 atom stereocenters. The van der Waals surface area contributed by atoms with Gasteiger partial charge in [-0.15, -0.1) is 0 Å². The van der Waals surface area contributed by atoms with Gasteiger partial charge in [0, 0.05) is 17.4 Å². The van der Waals surface area contributed by atoms with Crippen LogP contribution in [0.3, 0.4) is 0 Å². The second-order valence-electron chi connectivity index (χ2n) is 5.51. The molecule has 0 saturated heterocycles. The van der Waals surface area contributed by atoms with E-state index in [1.807, 2.05) is 14.1 Å². The highest BCUT2D eigenvalue weighted by Gasteiger charge is 2.48. The Morgan fingerprint density at radius 3 is 2.08 bits per heavy atom. The monoisotopic (exact) mass is 183 g/mol. The molecule has 1 rings (SSSR count). The molecule has 0 aromatic carbocycles. The largest absolute Gasteiger partial charge is 0.308 e. The average molecular weight is 183 g/mol. The summed E-state index contributed by atoms with van der Waals surface area (Å²) in [6.45, 7) is 7.12. The first-order valence-electron chi connectivity index (χ1n) is 4.98. The minimum absolute atomic E-state index is 0.0925. The second-order valence-corrected chi connectivity index (χ2v) is 5.51. The fraction of sp³-hybridized carbons (Fsp3) is 0.909. The Morgan fingerprint density at radius 1 is 1.23 bits per heavy atom. The minimum atomic E-state index is -0.104. The molecule has 1 aliphatic rings. The van der Waals surface area contributed by atoms with Gasteiger partial charge in [0.1, 0.15) is 5.78 Å². The van der Waals surface area contributed by atoms with E-state index in [0.29, 0.717) is 5.78 Å². The summed E-state index contributed by atoms with van der Waals surface area (Å²) >= 11 is 0. The van der Waals surface area contributed by atoms with Crippen molar-refractivity contribution in [1.29, 1.82) is 0 Å². The maximum Gasteiger partial charge on any atom is 0.145 e. The first kappa shape index (κ1) is 10.7. The third-order valence-electron chi connectivity index (χ3n) is 3.13. The van der Waals surface area contributed by atoms with E-state index in [1.165, 1.54) is 0 Å². The van der Waals surface area contributed by atoms with E-state index >= 15 is 0 Å². The molecule has 2 nitrogen and oxygen atoms in total. The molecule has 0 heterocycles. The summed E-state index contributed by atoms with van der Waals surface area (Å²) in [5, 5.41) is 0. The number of ketones is 1. The second kappa shape index (κ2) is 3.09. The van der Waals surface area contributed by atoms with Crippen molar-refractivity contribution in [2.24, 2.45) is 10.8 Å². The highest BCUT2D eigenvalue weighted by atomic mass is 16.1. The van der Waals surface area contributed by atoms with Crippen molar-refractivity contribution in [3.8, 4) is 0 Å². The molecule has 0 radical (unpaired) electrons. The minimum Gasteiger partial charge on any atom is -0.308 e. The summed E-state index contributed by atoms with van der Waals surface area (Å²) in [5.41, 5.74) is -0.197. The Kier molecular flexibility index (Phi) is 2.54. The quantitative estimate of drug-likeness (QED) is 0.652. The van der Waals surface area contributed by atoms with Crippen molar-refractivity contribution in [2.45, 2.75) is 33.6 Å². The summed E-state index contributed by atoms with van der Waals surface area (Å²) in [5.74, 6) is 0.439. The lowest BCUT2D eigenvalue weighted by Gasteiger charge is -2.28. The molecule has 1 saturated carbocycles. The van der Waals surface area contributed by atoms with Gasteiger partial charge in [0.15, 0.2) is 0 Å². The number of carbonyl (C=O) groups excluding carboxylic acids is 1. The lowest BCUT2D eigenvalue weighted by Crippen LogP contribution is -2.38. The van der Waals surface area contributed by atoms with E-state index in [9.17, 15) is 4.79 Å². The van der Waals surface area contributed by atoms with Crippen LogP contribution in [0.25, 0.3) is 0 Å². The van der Waals surface area contributed by atoms with Crippen LogP contribution in [0.1, 0.15) is 33.6 Å². The van der Waals surface area contributed by atoms with Crippen LogP contribution in [0, 0.1) is 10.8 Å². The smallest absolute Gasteiger partial charge is 0.145 e.